The van der Waals surface area contributed by atoms with Gasteiger partial charge in [-0.15, -0.1) is 5.10 Å². The van der Waals surface area contributed by atoms with Crippen molar-refractivity contribution in [3.05, 3.63) is 23.5 Å². The molecule has 0 fully saturated rings. The van der Waals surface area contributed by atoms with Gasteiger partial charge in [0.05, 0.1) is 13.2 Å². The van der Waals surface area contributed by atoms with Crippen LogP contribution in [0.25, 0.3) is 0 Å². The summed E-state index contributed by atoms with van der Waals surface area (Å²) < 4.78 is 21.6. The Morgan fingerprint density at radius 1 is 1.09 bits per heavy atom. The SMILES string of the molecule is CC(=O)OC[C@H]1O[C@H](OCC(O)(Cn2nnc(C(=O)O)c2C(=O)O)C(C)=O)C=C[C@@H]1OC(C)=O. The highest BCUT2D eigenvalue weighted by Crippen LogP contribution is 2.21. The molecule has 0 aliphatic carbocycles. The summed E-state index contributed by atoms with van der Waals surface area (Å²) in [5.74, 6) is -5.40. The van der Waals surface area contributed by atoms with Crippen LogP contribution < -0.4 is 0 Å². The minimum absolute atomic E-state index is 0.284. The van der Waals surface area contributed by atoms with Gasteiger partial charge in [-0.2, -0.15) is 0 Å². The number of carboxylic acids is 2. The van der Waals surface area contributed by atoms with Crippen molar-refractivity contribution < 1.29 is 58.2 Å². The minimum atomic E-state index is -2.34. The fourth-order valence-electron chi connectivity index (χ4n) is 2.86. The zero-order chi connectivity index (χ0) is 25.6. The molecule has 1 unspecified atom stereocenters. The van der Waals surface area contributed by atoms with E-state index in [9.17, 15) is 34.2 Å². The molecule has 3 N–H and O–H groups in total. The Morgan fingerprint density at radius 2 is 1.76 bits per heavy atom. The van der Waals surface area contributed by atoms with Gasteiger partial charge in [0.1, 0.15) is 18.8 Å². The van der Waals surface area contributed by atoms with Crippen molar-refractivity contribution in [1.82, 2.24) is 15.0 Å². The number of hydrogen-bond acceptors (Lipinski definition) is 12. The summed E-state index contributed by atoms with van der Waals surface area (Å²) in [4.78, 5) is 57.2. The minimum Gasteiger partial charge on any atom is -0.476 e. The van der Waals surface area contributed by atoms with Crippen molar-refractivity contribution in [2.45, 2.75) is 51.4 Å². The number of esters is 2. The lowest BCUT2D eigenvalue weighted by molar-refractivity contribution is -0.211. The molecule has 0 bridgehead atoms. The Bertz CT molecular complexity index is 1000. The van der Waals surface area contributed by atoms with Crippen LogP contribution in [0, 0.1) is 0 Å². The number of ketones is 1. The van der Waals surface area contributed by atoms with Crippen LogP contribution in [0.3, 0.4) is 0 Å². The number of aliphatic hydroxyl groups is 1. The number of ether oxygens (including phenoxy) is 4. The number of carboxylic acid groups (broad SMARTS) is 2. The molecule has 1 aliphatic rings. The number of hydrogen-bond donors (Lipinski definition) is 3. The first-order valence-corrected chi connectivity index (χ1v) is 9.73. The van der Waals surface area contributed by atoms with E-state index in [1.165, 1.54) is 26.0 Å². The lowest BCUT2D eigenvalue weighted by Crippen LogP contribution is -2.49. The zero-order valence-corrected chi connectivity index (χ0v) is 18.4. The Kier molecular flexibility index (Phi) is 8.56. The van der Waals surface area contributed by atoms with E-state index in [0.717, 1.165) is 6.92 Å². The van der Waals surface area contributed by atoms with E-state index in [1.54, 1.807) is 0 Å². The number of Topliss-reactive ketones (excluding diaryl/α,β-unsaturated/α-hetero) is 1. The first kappa shape index (κ1) is 26.6. The third-order valence-electron chi connectivity index (χ3n) is 4.58. The lowest BCUT2D eigenvalue weighted by Gasteiger charge is -2.33. The van der Waals surface area contributed by atoms with Gasteiger partial charge in [0.25, 0.3) is 0 Å². The van der Waals surface area contributed by atoms with Crippen LogP contribution in [0.2, 0.25) is 0 Å². The van der Waals surface area contributed by atoms with Crippen molar-refractivity contribution in [2.24, 2.45) is 0 Å². The molecule has 2 rings (SSSR count). The Balaban J connectivity index is 2.18. The van der Waals surface area contributed by atoms with Gasteiger partial charge in [0.15, 0.2) is 23.4 Å². The highest BCUT2D eigenvalue weighted by molar-refractivity contribution is 5.98. The highest BCUT2D eigenvalue weighted by atomic mass is 16.7. The van der Waals surface area contributed by atoms with Crippen molar-refractivity contribution >= 4 is 29.7 Å². The van der Waals surface area contributed by atoms with Gasteiger partial charge in [0.2, 0.25) is 5.69 Å². The standard InChI is InChI=1S/C19H23N3O12/c1-9(23)19(30,7-22-16(18(28)29)15(17(26)27)20-21-22)8-32-14-5-4-12(33-11(3)25)13(34-14)6-31-10(2)24/h4-5,12-14,30H,6-8H2,1-3H3,(H,26,27)(H,28,29)/t12-,13+,14-,19?/m0/s1. The van der Waals surface area contributed by atoms with Crippen LogP contribution >= 0.6 is 0 Å². The quantitative estimate of drug-likeness (QED) is 0.248. The van der Waals surface area contributed by atoms with E-state index in [0.29, 0.717) is 4.68 Å². The first-order valence-electron chi connectivity index (χ1n) is 9.73. The smallest absolute Gasteiger partial charge is 0.359 e. The van der Waals surface area contributed by atoms with E-state index in [4.69, 9.17) is 24.1 Å². The fourth-order valence-corrected chi connectivity index (χ4v) is 2.86. The molecule has 0 radical (unpaired) electrons. The average Bonchev–Trinajstić information content (AvgIpc) is 3.15. The third-order valence-corrected chi connectivity index (χ3v) is 4.58. The second-order valence-electron chi connectivity index (χ2n) is 7.26. The van der Waals surface area contributed by atoms with Gasteiger partial charge in [-0.25, -0.2) is 14.3 Å². The molecule has 0 aromatic carbocycles. The van der Waals surface area contributed by atoms with Gasteiger partial charge < -0.3 is 34.3 Å². The van der Waals surface area contributed by atoms with Crippen LogP contribution in [-0.4, -0.2) is 97.3 Å². The van der Waals surface area contributed by atoms with E-state index >= 15 is 0 Å². The molecule has 34 heavy (non-hydrogen) atoms. The highest BCUT2D eigenvalue weighted by Gasteiger charge is 2.39. The maximum atomic E-state index is 12.2. The maximum absolute atomic E-state index is 12.2. The first-order chi connectivity index (χ1) is 15.8. The summed E-state index contributed by atoms with van der Waals surface area (Å²) in [6.07, 6.45) is -0.289. The molecule has 15 heteroatoms. The van der Waals surface area contributed by atoms with Gasteiger partial charge in [-0.1, -0.05) is 5.21 Å². The summed E-state index contributed by atoms with van der Waals surface area (Å²) in [5, 5.41) is 35.8. The summed E-state index contributed by atoms with van der Waals surface area (Å²) in [7, 11) is 0. The normalized spacial score (nSPS) is 21.4. The van der Waals surface area contributed by atoms with Crippen LogP contribution in [0.1, 0.15) is 41.7 Å². The molecule has 186 valence electrons. The molecule has 1 aromatic rings. The second-order valence-corrected chi connectivity index (χ2v) is 7.26. The number of aromatic carboxylic acids is 2. The zero-order valence-electron chi connectivity index (χ0n) is 18.4. The molecule has 15 nitrogen and oxygen atoms in total. The molecule has 2 heterocycles. The van der Waals surface area contributed by atoms with E-state index in [-0.39, 0.29) is 6.61 Å². The van der Waals surface area contributed by atoms with Crippen LogP contribution in [0.5, 0.6) is 0 Å². The topological polar surface area (TPSA) is 214 Å². The van der Waals surface area contributed by atoms with Crippen molar-refractivity contribution in [3.8, 4) is 0 Å². The molecule has 0 amide bonds. The van der Waals surface area contributed by atoms with Crippen molar-refractivity contribution in [1.29, 1.82) is 0 Å². The van der Waals surface area contributed by atoms with E-state index in [2.05, 4.69) is 10.3 Å². The monoisotopic (exact) mass is 485 g/mol. The Morgan fingerprint density at radius 3 is 2.29 bits per heavy atom. The number of carbonyl (C=O) groups excluding carboxylic acids is 3. The van der Waals surface area contributed by atoms with Crippen LogP contribution in [0.15, 0.2) is 12.2 Å². The summed E-state index contributed by atoms with van der Waals surface area (Å²) in [6, 6.07) is 0. The number of rotatable bonds is 11. The average molecular weight is 485 g/mol. The van der Waals surface area contributed by atoms with Crippen molar-refractivity contribution in [3.63, 3.8) is 0 Å². The van der Waals surface area contributed by atoms with Crippen molar-refractivity contribution in [2.75, 3.05) is 13.2 Å². The van der Waals surface area contributed by atoms with Crippen LogP contribution in [0.4, 0.5) is 0 Å². The van der Waals surface area contributed by atoms with Crippen LogP contribution in [-0.2, 0) is 39.9 Å². The van der Waals surface area contributed by atoms with Gasteiger partial charge in [0, 0.05) is 13.8 Å². The molecule has 1 aliphatic heterocycles. The van der Waals surface area contributed by atoms with Gasteiger partial charge >= 0.3 is 23.9 Å². The molecule has 0 spiro atoms. The molecule has 0 saturated carbocycles. The summed E-state index contributed by atoms with van der Waals surface area (Å²) in [5.41, 5.74) is -4.06. The molecular formula is C19H23N3O12. The largest absolute Gasteiger partial charge is 0.476 e. The lowest BCUT2D eigenvalue weighted by atomic mass is 10.0. The summed E-state index contributed by atoms with van der Waals surface area (Å²) >= 11 is 0. The Labute approximate surface area is 191 Å². The predicted molar refractivity (Wildman–Crippen MR) is 106 cm³/mol. The summed E-state index contributed by atoms with van der Waals surface area (Å²) in [6.45, 7) is 1.57. The maximum Gasteiger partial charge on any atom is 0.359 e. The molecular weight excluding hydrogens is 462 g/mol. The molecule has 1 aromatic heterocycles. The molecule has 4 atom stereocenters. The number of aromatic nitrogens is 3. The molecule has 0 saturated heterocycles. The Hall–Kier alpha value is -3.69. The van der Waals surface area contributed by atoms with E-state index < -0.39 is 78.3 Å². The second kappa shape index (κ2) is 11.0. The number of carbonyl (C=O) groups is 5. The third kappa shape index (κ3) is 6.66. The van der Waals surface area contributed by atoms with Gasteiger partial charge in [-0.05, 0) is 19.1 Å². The fraction of sp³-hybridized carbons (Fsp3) is 0.526. The van der Waals surface area contributed by atoms with E-state index in [1.807, 2.05) is 0 Å². The van der Waals surface area contributed by atoms with Gasteiger partial charge in [-0.3, -0.25) is 14.4 Å². The predicted octanol–water partition coefficient (Wildman–Crippen LogP) is -1.21. The number of nitrogens with zero attached hydrogens (tertiary/aromatic N) is 3.